The number of sulfone groups is 1. The zero-order valence-corrected chi connectivity index (χ0v) is 18.2. The molecule has 160 valence electrons. The van der Waals surface area contributed by atoms with E-state index in [1.54, 1.807) is 25.1 Å². The average Bonchev–Trinajstić information content (AvgIpc) is 3.41. The lowest BCUT2D eigenvalue weighted by atomic mass is 10.1. The molecule has 2 unspecified atom stereocenters. The van der Waals surface area contributed by atoms with Crippen LogP contribution in [0.4, 0.5) is 4.39 Å². The van der Waals surface area contributed by atoms with Gasteiger partial charge < -0.3 is 9.15 Å². The third kappa shape index (κ3) is 4.73. The summed E-state index contributed by atoms with van der Waals surface area (Å²) in [4.78, 5) is 16.6. The number of esters is 1. The highest BCUT2D eigenvalue weighted by molar-refractivity contribution is 7.91. The number of carbonyl (C=O) groups excluding carboxylic acids is 1. The lowest BCUT2D eigenvalue weighted by Crippen LogP contribution is -2.18. The second-order valence-corrected chi connectivity index (χ2v) is 10.0. The van der Waals surface area contributed by atoms with Crippen LogP contribution in [-0.2, 0) is 21.0 Å². The second-order valence-electron chi connectivity index (χ2n) is 6.44. The molecule has 0 aliphatic rings. The fraction of sp³-hybridized carbons (Fsp3) is 0.368. The van der Waals surface area contributed by atoms with Crippen molar-refractivity contribution in [3.05, 3.63) is 52.5 Å². The smallest absolute Gasteiger partial charge is 0.337 e. The highest BCUT2D eigenvalue weighted by atomic mass is 32.2. The Hall–Kier alpha value is -2.66. The molecule has 0 fully saturated rings. The first kappa shape index (κ1) is 22.0. The normalized spacial score (nSPS) is 13.7. The SMILES string of the molecule is CCS(=O)(=O)C(Cc1ncc(-c2nnc(C(C)F)o2)s1)c1cccc(C(=O)OC)c1. The van der Waals surface area contributed by atoms with E-state index in [4.69, 9.17) is 9.15 Å². The van der Waals surface area contributed by atoms with Crippen molar-refractivity contribution in [2.45, 2.75) is 31.7 Å². The van der Waals surface area contributed by atoms with Crippen molar-refractivity contribution in [2.24, 2.45) is 0 Å². The van der Waals surface area contributed by atoms with Crippen molar-refractivity contribution in [3.63, 3.8) is 0 Å². The molecular formula is C19H20FN3O5S2. The van der Waals surface area contributed by atoms with Gasteiger partial charge in [0.05, 0.1) is 29.1 Å². The van der Waals surface area contributed by atoms with E-state index in [1.807, 2.05) is 0 Å². The summed E-state index contributed by atoms with van der Waals surface area (Å²) in [5.41, 5.74) is 0.743. The monoisotopic (exact) mass is 453 g/mol. The molecule has 2 heterocycles. The van der Waals surface area contributed by atoms with Crippen LogP contribution < -0.4 is 0 Å². The summed E-state index contributed by atoms with van der Waals surface area (Å²) < 4.78 is 48.9. The minimum atomic E-state index is -3.51. The molecular weight excluding hydrogens is 433 g/mol. The number of alkyl halides is 1. The van der Waals surface area contributed by atoms with Crippen LogP contribution in [0.25, 0.3) is 10.8 Å². The zero-order valence-electron chi connectivity index (χ0n) is 16.5. The quantitative estimate of drug-likeness (QED) is 0.474. The van der Waals surface area contributed by atoms with Gasteiger partial charge in [0.25, 0.3) is 11.8 Å². The average molecular weight is 454 g/mol. The van der Waals surface area contributed by atoms with Crippen LogP contribution in [0.5, 0.6) is 0 Å². The maximum absolute atomic E-state index is 13.3. The van der Waals surface area contributed by atoms with Crippen LogP contribution in [0.1, 0.15) is 52.1 Å². The summed E-state index contributed by atoms with van der Waals surface area (Å²) in [6.07, 6.45) is 0.201. The molecule has 11 heteroatoms. The number of halogens is 1. The first-order valence-corrected chi connectivity index (χ1v) is 11.6. The minimum absolute atomic E-state index is 0.0697. The number of hydrogen-bond acceptors (Lipinski definition) is 9. The first-order chi connectivity index (χ1) is 14.2. The Bertz CT molecular complexity index is 1140. The maximum Gasteiger partial charge on any atom is 0.337 e. The lowest BCUT2D eigenvalue weighted by Gasteiger charge is -2.17. The first-order valence-electron chi connectivity index (χ1n) is 9.07. The Morgan fingerprint density at radius 1 is 1.33 bits per heavy atom. The van der Waals surface area contributed by atoms with Gasteiger partial charge in [-0.15, -0.1) is 21.5 Å². The molecule has 0 spiro atoms. The van der Waals surface area contributed by atoms with Crippen molar-refractivity contribution in [2.75, 3.05) is 12.9 Å². The standard InChI is InChI=1S/C19H20FN3O5S2/c1-4-30(25,26)15(12-6-5-7-13(8-12)19(24)27-3)9-16-21-10-14(29-16)18-23-22-17(28-18)11(2)20/h5-8,10-11,15H,4,9H2,1-3H3. The van der Waals surface area contributed by atoms with Crippen molar-refractivity contribution in [1.82, 2.24) is 15.2 Å². The molecule has 2 atom stereocenters. The highest BCUT2D eigenvalue weighted by Crippen LogP contribution is 2.33. The molecule has 30 heavy (non-hydrogen) atoms. The van der Waals surface area contributed by atoms with Gasteiger partial charge in [0.1, 0.15) is 4.88 Å². The third-order valence-electron chi connectivity index (χ3n) is 4.42. The molecule has 0 aliphatic heterocycles. The van der Waals surface area contributed by atoms with Crippen LogP contribution in [0.3, 0.4) is 0 Å². The van der Waals surface area contributed by atoms with Gasteiger partial charge in [0.2, 0.25) is 0 Å². The number of ether oxygens (including phenoxy) is 1. The van der Waals surface area contributed by atoms with E-state index in [9.17, 15) is 17.6 Å². The summed E-state index contributed by atoms with van der Waals surface area (Å²) in [5, 5.41) is 7.09. The topological polar surface area (TPSA) is 112 Å². The van der Waals surface area contributed by atoms with Gasteiger partial charge in [0, 0.05) is 12.2 Å². The number of rotatable bonds is 8. The number of hydrogen-bond donors (Lipinski definition) is 0. The Morgan fingerprint density at radius 3 is 2.73 bits per heavy atom. The predicted molar refractivity (Wildman–Crippen MR) is 109 cm³/mol. The number of nitrogens with zero attached hydrogens (tertiary/aromatic N) is 3. The van der Waals surface area contributed by atoms with Gasteiger partial charge in [-0.05, 0) is 24.6 Å². The molecule has 0 bridgehead atoms. The Morgan fingerprint density at radius 2 is 2.10 bits per heavy atom. The molecule has 0 saturated carbocycles. The zero-order chi connectivity index (χ0) is 21.9. The van der Waals surface area contributed by atoms with Gasteiger partial charge >= 0.3 is 5.97 Å². The molecule has 0 saturated heterocycles. The van der Waals surface area contributed by atoms with E-state index >= 15 is 0 Å². The molecule has 1 aromatic carbocycles. The van der Waals surface area contributed by atoms with Crippen LogP contribution >= 0.6 is 11.3 Å². The second kappa shape index (κ2) is 9.00. The number of thiazole rings is 1. The fourth-order valence-corrected chi connectivity index (χ4v) is 5.16. The Balaban J connectivity index is 1.92. The summed E-state index contributed by atoms with van der Waals surface area (Å²) >= 11 is 1.19. The molecule has 3 aromatic rings. The van der Waals surface area contributed by atoms with Gasteiger partial charge in [-0.2, -0.15) is 0 Å². The van der Waals surface area contributed by atoms with Gasteiger partial charge in [0.15, 0.2) is 16.0 Å². The van der Waals surface area contributed by atoms with Crippen LogP contribution in [0.2, 0.25) is 0 Å². The van der Waals surface area contributed by atoms with Crippen LogP contribution in [0.15, 0.2) is 34.9 Å². The van der Waals surface area contributed by atoms with Crippen LogP contribution in [-0.4, -0.2) is 42.4 Å². The van der Waals surface area contributed by atoms with Crippen LogP contribution in [0, 0.1) is 0 Å². The van der Waals surface area contributed by atoms with Crippen molar-refractivity contribution < 1.29 is 26.8 Å². The molecule has 0 amide bonds. The molecule has 3 rings (SSSR count). The predicted octanol–water partition coefficient (Wildman–Crippen LogP) is 3.73. The van der Waals surface area contributed by atoms with Crippen molar-refractivity contribution in [1.29, 1.82) is 0 Å². The molecule has 0 radical (unpaired) electrons. The number of carbonyl (C=O) groups is 1. The largest absolute Gasteiger partial charge is 0.465 e. The molecule has 2 aromatic heterocycles. The van der Waals surface area contributed by atoms with E-state index in [0.717, 1.165) is 0 Å². The number of methoxy groups -OCH3 is 1. The van der Waals surface area contributed by atoms with E-state index in [1.165, 1.54) is 37.6 Å². The Labute approximate surface area is 177 Å². The summed E-state index contributed by atoms with van der Waals surface area (Å²) in [6.45, 7) is 2.86. The summed E-state index contributed by atoms with van der Waals surface area (Å²) in [7, 11) is -2.25. The van der Waals surface area contributed by atoms with Gasteiger partial charge in [-0.25, -0.2) is 22.6 Å². The minimum Gasteiger partial charge on any atom is -0.465 e. The van der Waals surface area contributed by atoms with E-state index in [2.05, 4.69) is 15.2 Å². The van der Waals surface area contributed by atoms with Crippen molar-refractivity contribution >= 4 is 27.1 Å². The fourth-order valence-electron chi connectivity index (χ4n) is 2.79. The molecule has 0 aliphatic carbocycles. The maximum atomic E-state index is 13.3. The molecule has 8 nitrogen and oxygen atoms in total. The van der Waals surface area contributed by atoms with E-state index in [0.29, 0.717) is 15.4 Å². The summed E-state index contributed by atoms with van der Waals surface area (Å²) in [5.74, 6) is -0.623. The van der Waals surface area contributed by atoms with E-state index < -0.39 is 27.2 Å². The summed E-state index contributed by atoms with van der Waals surface area (Å²) in [6, 6.07) is 6.35. The number of benzene rings is 1. The van der Waals surface area contributed by atoms with Gasteiger partial charge in [-0.3, -0.25) is 0 Å². The lowest BCUT2D eigenvalue weighted by molar-refractivity contribution is 0.0600. The highest BCUT2D eigenvalue weighted by Gasteiger charge is 2.28. The number of aromatic nitrogens is 3. The van der Waals surface area contributed by atoms with Gasteiger partial charge in [-0.1, -0.05) is 19.1 Å². The Kier molecular flexibility index (Phi) is 6.61. The third-order valence-corrected chi connectivity index (χ3v) is 7.54. The van der Waals surface area contributed by atoms with E-state index in [-0.39, 0.29) is 29.5 Å². The molecule has 0 N–H and O–H groups in total. The van der Waals surface area contributed by atoms with Crippen molar-refractivity contribution in [3.8, 4) is 10.8 Å².